The predicted molar refractivity (Wildman–Crippen MR) is 70.9 cm³/mol. The monoisotopic (exact) mass is 249 g/mol. The summed E-state index contributed by atoms with van der Waals surface area (Å²) < 4.78 is 0. The van der Waals surface area contributed by atoms with Crippen LogP contribution in [-0.2, 0) is 4.79 Å². The fourth-order valence-electron chi connectivity index (χ4n) is 1.69. The van der Waals surface area contributed by atoms with Gasteiger partial charge < -0.3 is 10.4 Å². The second-order valence-corrected chi connectivity index (χ2v) is 4.36. The van der Waals surface area contributed by atoms with E-state index in [-0.39, 0.29) is 11.5 Å². The van der Waals surface area contributed by atoms with Crippen LogP contribution in [0.1, 0.15) is 48.5 Å². The quantitative estimate of drug-likeness (QED) is 0.761. The van der Waals surface area contributed by atoms with E-state index in [0.29, 0.717) is 12.1 Å². The fraction of sp³-hybridized carbons (Fsp3) is 0.429. The third kappa shape index (κ3) is 4.20. The van der Waals surface area contributed by atoms with E-state index < -0.39 is 5.97 Å². The number of amides is 1. The lowest BCUT2D eigenvalue weighted by molar-refractivity contribution is -0.116. The SMILES string of the molecule is CCCCCC(=O)Nc1ccc(C)cc1C(=O)O. The molecular weight excluding hydrogens is 230 g/mol. The van der Waals surface area contributed by atoms with Gasteiger partial charge in [-0.2, -0.15) is 0 Å². The molecule has 0 saturated carbocycles. The Balaban J connectivity index is 2.72. The molecule has 0 atom stereocenters. The number of unbranched alkanes of at least 4 members (excludes halogenated alkanes) is 2. The molecule has 0 aliphatic heterocycles. The number of carboxylic acids is 1. The molecule has 1 aromatic carbocycles. The lowest BCUT2D eigenvalue weighted by Gasteiger charge is -2.09. The van der Waals surface area contributed by atoms with Crippen LogP contribution in [0.2, 0.25) is 0 Å². The Labute approximate surface area is 107 Å². The lowest BCUT2D eigenvalue weighted by Crippen LogP contribution is -2.14. The Kier molecular flexibility index (Phi) is 5.36. The zero-order chi connectivity index (χ0) is 13.5. The molecule has 0 unspecified atom stereocenters. The van der Waals surface area contributed by atoms with E-state index in [2.05, 4.69) is 12.2 Å². The number of rotatable bonds is 6. The highest BCUT2D eigenvalue weighted by Crippen LogP contribution is 2.18. The summed E-state index contributed by atoms with van der Waals surface area (Å²) in [6, 6.07) is 4.98. The molecule has 98 valence electrons. The van der Waals surface area contributed by atoms with Gasteiger partial charge in [-0.15, -0.1) is 0 Å². The lowest BCUT2D eigenvalue weighted by atomic mass is 10.1. The van der Waals surface area contributed by atoms with E-state index in [1.54, 1.807) is 18.2 Å². The predicted octanol–water partition coefficient (Wildman–Crippen LogP) is 3.21. The van der Waals surface area contributed by atoms with Crippen LogP contribution >= 0.6 is 0 Å². The Morgan fingerprint density at radius 3 is 2.61 bits per heavy atom. The number of nitrogens with one attached hydrogen (secondary N) is 1. The highest BCUT2D eigenvalue weighted by Gasteiger charge is 2.12. The van der Waals surface area contributed by atoms with Gasteiger partial charge >= 0.3 is 5.97 Å². The highest BCUT2D eigenvalue weighted by atomic mass is 16.4. The van der Waals surface area contributed by atoms with Crippen molar-refractivity contribution in [2.45, 2.75) is 39.5 Å². The average Bonchev–Trinajstić information content (AvgIpc) is 2.31. The van der Waals surface area contributed by atoms with Gasteiger partial charge in [-0.25, -0.2) is 4.79 Å². The Hall–Kier alpha value is -1.84. The molecule has 0 saturated heterocycles. The summed E-state index contributed by atoms with van der Waals surface area (Å²) in [6.45, 7) is 3.89. The summed E-state index contributed by atoms with van der Waals surface area (Å²) in [4.78, 5) is 22.7. The van der Waals surface area contributed by atoms with Crippen LogP contribution in [0.4, 0.5) is 5.69 Å². The van der Waals surface area contributed by atoms with Crippen LogP contribution in [0.3, 0.4) is 0 Å². The minimum atomic E-state index is -1.03. The summed E-state index contributed by atoms with van der Waals surface area (Å²) in [7, 11) is 0. The van der Waals surface area contributed by atoms with Crippen LogP contribution < -0.4 is 5.32 Å². The molecule has 1 amide bonds. The zero-order valence-corrected chi connectivity index (χ0v) is 10.8. The molecule has 4 heteroatoms. The molecule has 0 radical (unpaired) electrons. The van der Waals surface area contributed by atoms with E-state index in [0.717, 1.165) is 24.8 Å². The summed E-state index contributed by atoms with van der Waals surface area (Å²) in [5.41, 5.74) is 1.37. The fourth-order valence-corrected chi connectivity index (χ4v) is 1.69. The smallest absolute Gasteiger partial charge is 0.337 e. The molecule has 0 spiro atoms. The van der Waals surface area contributed by atoms with Crippen molar-refractivity contribution in [3.8, 4) is 0 Å². The van der Waals surface area contributed by atoms with E-state index in [1.165, 1.54) is 0 Å². The number of aromatic carboxylic acids is 1. The molecule has 0 aliphatic rings. The summed E-state index contributed by atoms with van der Waals surface area (Å²) in [5.74, 6) is -1.16. The first kappa shape index (κ1) is 14.2. The Bertz CT molecular complexity index is 441. The molecule has 1 rings (SSSR count). The number of anilines is 1. The Morgan fingerprint density at radius 1 is 1.28 bits per heavy atom. The van der Waals surface area contributed by atoms with Crippen molar-refractivity contribution in [1.29, 1.82) is 0 Å². The molecule has 1 aromatic rings. The molecule has 0 aromatic heterocycles. The molecule has 18 heavy (non-hydrogen) atoms. The van der Waals surface area contributed by atoms with Crippen molar-refractivity contribution in [2.75, 3.05) is 5.32 Å². The first-order valence-electron chi connectivity index (χ1n) is 6.18. The molecule has 0 heterocycles. The maximum Gasteiger partial charge on any atom is 0.337 e. The largest absolute Gasteiger partial charge is 0.478 e. The van der Waals surface area contributed by atoms with Crippen molar-refractivity contribution >= 4 is 17.6 Å². The van der Waals surface area contributed by atoms with Crippen LogP contribution in [0.15, 0.2) is 18.2 Å². The van der Waals surface area contributed by atoms with Crippen molar-refractivity contribution in [3.63, 3.8) is 0 Å². The minimum absolute atomic E-state index is 0.130. The number of aryl methyl sites for hydroxylation is 1. The second kappa shape index (κ2) is 6.79. The maximum absolute atomic E-state index is 11.6. The van der Waals surface area contributed by atoms with Gasteiger partial charge in [0.05, 0.1) is 11.3 Å². The van der Waals surface area contributed by atoms with Gasteiger partial charge in [0.2, 0.25) is 5.91 Å². The standard InChI is InChI=1S/C14H19NO3/c1-3-4-5-6-13(16)15-12-8-7-10(2)9-11(12)14(17)18/h7-9H,3-6H2,1-2H3,(H,15,16)(H,17,18). The number of hydrogen-bond acceptors (Lipinski definition) is 2. The normalized spacial score (nSPS) is 10.1. The van der Waals surface area contributed by atoms with Crippen LogP contribution in [-0.4, -0.2) is 17.0 Å². The summed E-state index contributed by atoms with van der Waals surface area (Å²) >= 11 is 0. The first-order valence-corrected chi connectivity index (χ1v) is 6.18. The third-order valence-corrected chi connectivity index (χ3v) is 2.69. The third-order valence-electron chi connectivity index (χ3n) is 2.69. The van der Waals surface area contributed by atoms with Gasteiger partial charge in [0.15, 0.2) is 0 Å². The van der Waals surface area contributed by atoms with E-state index >= 15 is 0 Å². The molecule has 2 N–H and O–H groups in total. The highest BCUT2D eigenvalue weighted by molar-refractivity contribution is 6.00. The van der Waals surface area contributed by atoms with Crippen molar-refractivity contribution in [1.82, 2.24) is 0 Å². The molecule has 0 bridgehead atoms. The molecule has 0 fully saturated rings. The van der Waals surface area contributed by atoms with Gasteiger partial charge in [0.1, 0.15) is 0 Å². The van der Waals surface area contributed by atoms with Crippen molar-refractivity contribution < 1.29 is 14.7 Å². The average molecular weight is 249 g/mol. The van der Waals surface area contributed by atoms with Gasteiger partial charge in [-0.05, 0) is 25.5 Å². The van der Waals surface area contributed by atoms with Gasteiger partial charge in [-0.1, -0.05) is 31.4 Å². The number of carbonyl (C=O) groups is 2. The number of benzene rings is 1. The first-order chi connectivity index (χ1) is 8.54. The molecule has 0 aliphatic carbocycles. The molecular formula is C14H19NO3. The number of hydrogen-bond donors (Lipinski definition) is 2. The van der Waals surface area contributed by atoms with Crippen molar-refractivity contribution in [2.24, 2.45) is 0 Å². The number of carbonyl (C=O) groups excluding carboxylic acids is 1. The van der Waals surface area contributed by atoms with E-state index in [9.17, 15) is 9.59 Å². The molecule has 4 nitrogen and oxygen atoms in total. The minimum Gasteiger partial charge on any atom is -0.478 e. The zero-order valence-electron chi connectivity index (χ0n) is 10.8. The summed E-state index contributed by atoms with van der Waals surface area (Å²) in [6.07, 6.45) is 3.32. The van der Waals surface area contributed by atoms with Crippen LogP contribution in [0.5, 0.6) is 0 Å². The van der Waals surface area contributed by atoms with E-state index in [4.69, 9.17) is 5.11 Å². The maximum atomic E-state index is 11.6. The van der Waals surface area contributed by atoms with Crippen LogP contribution in [0.25, 0.3) is 0 Å². The van der Waals surface area contributed by atoms with Crippen molar-refractivity contribution in [3.05, 3.63) is 29.3 Å². The van der Waals surface area contributed by atoms with Gasteiger partial charge in [0.25, 0.3) is 0 Å². The van der Waals surface area contributed by atoms with Gasteiger partial charge in [0, 0.05) is 6.42 Å². The second-order valence-electron chi connectivity index (χ2n) is 4.36. The Morgan fingerprint density at radius 2 is 2.00 bits per heavy atom. The topological polar surface area (TPSA) is 66.4 Å². The number of carboxylic acid groups (broad SMARTS) is 1. The van der Waals surface area contributed by atoms with Gasteiger partial charge in [-0.3, -0.25) is 4.79 Å². The van der Waals surface area contributed by atoms with E-state index in [1.807, 2.05) is 6.92 Å². The summed E-state index contributed by atoms with van der Waals surface area (Å²) in [5, 5.41) is 11.7. The van der Waals surface area contributed by atoms with Crippen LogP contribution in [0, 0.1) is 6.92 Å².